The van der Waals surface area contributed by atoms with Crippen molar-refractivity contribution in [2.75, 3.05) is 6.61 Å². The van der Waals surface area contributed by atoms with E-state index in [9.17, 15) is 14.0 Å². The Morgan fingerprint density at radius 1 is 1.10 bits per heavy atom. The first kappa shape index (κ1) is 23.4. The third-order valence-corrected chi connectivity index (χ3v) is 5.00. The molecule has 30 heavy (non-hydrogen) atoms. The summed E-state index contributed by atoms with van der Waals surface area (Å²) in [6.45, 7) is 7.75. The molecule has 5 nitrogen and oxygen atoms in total. The van der Waals surface area contributed by atoms with E-state index in [1.807, 2.05) is 45.9 Å². The Bertz CT molecular complexity index is 839. The van der Waals surface area contributed by atoms with E-state index in [2.05, 4.69) is 5.32 Å². The van der Waals surface area contributed by atoms with Crippen LogP contribution in [-0.2, 0) is 16.1 Å². The molecule has 0 aromatic heterocycles. The number of benzene rings is 2. The third kappa shape index (κ3) is 6.87. The van der Waals surface area contributed by atoms with Crippen LogP contribution in [-0.4, -0.2) is 35.4 Å². The standard InChI is InChI=1S/C24H31FN2O3/c1-5-18(4)26-24(29)22(6-2)27(15-19-10-12-20(25)13-11-19)23(28)16-30-21-9-7-8-17(3)14-21/h7-14,18,22H,5-6,15-16H2,1-4H3,(H,26,29)/t18-,22-/m1/s1. The van der Waals surface area contributed by atoms with Gasteiger partial charge in [-0.1, -0.05) is 38.1 Å². The Kier molecular flexibility index (Phi) is 8.84. The maximum atomic E-state index is 13.3. The number of carbonyl (C=O) groups excluding carboxylic acids is 2. The van der Waals surface area contributed by atoms with Gasteiger partial charge in [0, 0.05) is 12.6 Å². The number of amides is 2. The lowest BCUT2D eigenvalue weighted by atomic mass is 10.1. The van der Waals surface area contributed by atoms with Gasteiger partial charge in [0.1, 0.15) is 17.6 Å². The van der Waals surface area contributed by atoms with E-state index in [1.165, 1.54) is 17.0 Å². The zero-order chi connectivity index (χ0) is 22.1. The summed E-state index contributed by atoms with van der Waals surface area (Å²) in [6, 6.07) is 12.8. The molecular weight excluding hydrogens is 383 g/mol. The highest BCUT2D eigenvalue weighted by Gasteiger charge is 2.29. The predicted molar refractivity (Wildman–Crippen MR) is 116 cm³/mol. The lowest BCUT2D eigenvalue weighted by Crippen LogP contribution is -2.51. The summed E-state index contributed by atoms with van der Waals surface area (Å²) < 4.78 is 19.0. The maximum absolute atomic E-state index is 13.3. The fourth-order valence-electron chi connectivity index (χ4n) is 3.08. The molecule has 1 N–H and O–H groups in total. The maximum Gasteiger partial charge on any atom is 0.261 e. The third-order valence-electron chi connectivity index (χ3n) is 5.00. The molecule has 2 aromatic rings. The molecule has 2 aromatic carbocycles. The fraction of sp³-hybridized carbons (Fsp3) is 0.417. The number of aryl methyl sites for hydroxylation is 1. The Hall–Kier alpha value is -2.89. The van der Waals surface area contributed by atoms with E-state index in [0.717, 1.165) is 17.5 Å². The average molecular weight is 415 g/mol. The molecule has 0 unspecified atom stereocenters. The van der Waals surface area contributed by atoms with Gasteiger partial charge in [-0.25, -0.2) is 4.39 Å². The van der Waals surface area contributed by atoms with Crippen LogP contribution >= 0.6 is 0 Å². The van der Waals surface area contributed by atoms with Crippen LogP contribution in [0.3, 0.4) is 0 Å². The summed E-state index contributed by atoms with van der Waals surface area (Å²) in [6.07, 6.45) is 1.25. The number of rotatable bonds is 10. The van der Waals surface area contributed by atoms with Crippen LogP contribution in [0.1, 0.15) is 44.7 Å². The summed E-state index contributed by atoms with van der Waals surface area (Å²) in [5, 5.41) is 2.96. The topological polar surface area (TPSA) is 58.6 Å². The zero-order valence-corrected chi connectivity index (χ0v) is 18.2. The highest BCUT2D eigenvalue weighted by molar-refractivity contribution is 5.88. The number of carbonyl (C=O) groups is 2. The molecule has 0 fully saturated rings. The van der Waals surface area contributed by atoms with E-state index in [4.69, 9.17) is 4.74 Å². The molecule has 0 heterocycles. The molecule has 6 heteroatoms. The van der Waals surface area contributed by atoms with E-state index < -0.39 is 6.04 Å². The van der Waals surface area contributed by atoms with E-state index in [-0.39, 0.29) is 36.8 Å². The molecule has 0 spiro atoms. The highest BCUT2D eigenvalue weighted by Crippen LogP contribution is 2.16. The summed E-state index contributed by atoms with van der Waals surface area (Å²) in [4.78, 5) is 27.4. The largest absolute Gasteiger partial charge is 0.484 e. The van der Waals surface area contributed by atoms with Crippen LogP contribution in [0, 0.1) is 12.7 Å². The number of halogens is 1. The van der Waals surface area contributed by atoms with E-state index in [1.54, 1.807) is 18.2 Å². The smallest absolute Gasteiger partial charge is 0.261 e. The number of nitrogens with zero attached hydrogens (tertiary/aromatic N) is 1. The van der Waals surface area contributed by atoms with Crippen LogP contribution in [0.2, 0.25) is 0 Å². The van der Waals surface area contributed by atoms with Gasteiger partial charge in [0.15, 0.2) is 6.61 Å². The van der Waals surface area contributed by atoms with Crippen molar-refractivity contribution in [3.05, 3.63) is 65.5 Å². The number of nitrogens with one attached hydrogen (secondary N) is 1. The van der Waals surface area contributed by atoms with Crippen LogP contribution in [0.25, 0.3) is 0 Å². The monoisotopic (exact) mass is 414 g/mol. The van der Waals surface area contributed by atoms with Gasteiger partial charge >= 0.3 is 0 Å². The molecule has 0 aliphatic carbocycles. The lowest BCUT2D eigenvalue weighted by Gasteiger charge is -2.31. The summed E-state index contributed by atoms with van der Waals surface area (Å²) in [7, 11) is 0. The second-order valence-electron chi connectivity index (χ2n) is 7.50. The second kappa shape index (κ2) is 11.3. The Morgan fingerprint density at radius 3 is 2.40 bits per heavy atom. The SMILES string of the molecule is CC[C@@H](C)NC(=O)[C@@H](CC)N(Cc1ccc(F)cc1)C(=O)COc1cccc(C)c1. The molecule has 0 aliphatic heterocycles. The van der Waals surface area contributed by atoms with Crippen LogP contribution in [0.15, 0.2) is 48.5 Å². The van der Waals surface area contributed by atoms with E-state index >= 15 is 0 Å². The van der Waals surface area contributed by atoms with Gasteiger partial charge in [-0.15, -0.1) is 0 Å². The van der Waals surface area contributed by atoms with Crippen molar-refractivity contribution in [2.45, 2.75) is 59.2 Å². The number of hydrogen-bond donors (Lipinski definition) is 1. The van der Waals surface area contributed by atoms with Crippen LogP contribution in [0.4, 0.5) is 4.39 Å². The van der Waals surface area contributed by atoms with Crippen molar-refractivity contribution in [1.29, 1.82) is 0 Å². The van der Waals surface area contributed by atoms with Crippen molar-refractivity contribution in [1.82, 2.24) is 10.2 Å². The molecule has 0 saturated carbocycles. The van der Waals surface area contributed by atoms with Crippen molar-refractivity contribution >= 4 is 11.8 Å². The number of ether oxygens (including phenoxy) is 1. The van der Waals surface area contributed by atoms with Crippen molar-refractivity contribution < 1.29 is 18.7 Å². The Morgan fingerprint density at radius 2 is 1.80 bits per heavy atom. The molecule has 2 amide bonds. The molecule has 2 rings (SSSR count). The molecule has 0 bridgehead atoms. The van der Waals surface area contributed by atoms with Gasteiger partial charge in [-0.05, 0) is 62.1 Å². The first-order valence-electron chi connectivity index (χ1n) is 10.4. The lowest BCUT2D eigenvalue weighted by molar-refractivity contribution is -0.143. The highest BCUT2D eigenvalue weighted by atomic mass is 19.1. The Labute approximate surface area is 178 Å². The second-order valence-corrected chi connectivity index (χ2v) is 7.50. The summed E-state index contributed by atoms with van der Waals surface area (Å²) in [5.74, 6) is -0.243. The minimum atomic E-state index is -0.641. The minimum absolute atomic E-state index is 0.0119. The van der Waals surface area contributed by atoms with Gasteiger partial charge in [-0.2, -0.15) is 0 Å². The van der Waals surface area contributed by atoms with Crippen LogP contribution in [0.5, 0.6) is 5.75 Å². The average Bonchev–Trinajstić information content (AvgIpc) is 2.73. The Balaban J connectivity index is 2.20. The van der Waals surface area contributed by atoms with E-state index in [0.29, 0.717) is 12.2 Å². The minimum Gasteiger partial charge on any atom is -0.484 e. The first-order chi connectivity index (χ1) is 14.3. The van der Waals surface area contributed by atoms with Gasteiger partial charge in [0.25, 0.3) is 5.91 Å². The fourth-order valence-corrected chi connectivity index (χ4v) is 3.08. The normalized spacial score (nSPS) is 12.7. The number of hydrogen-bond acceptors (Lipinski definition) is 3. The van der Waals surface area contributed by atoms with Gasteiger partial charge < -0.3 is 15.0 Å². The van der Waals surface area contributed by atoms with Crippen molar-refractivity contribution in [3.63, 3.8) is 0 Å². The zero-order valence-electron chi connectivity index (χ0n) is 18.2. The van der Waals surface area contributed by atoms with Gasteiger partial charge in [0.05, 0.1) is 0 Å². The van der Waals surface area contributed by atoms with Crippen molar-refractivity contribution in [2.24, 2.45) is 0 Å². The van der Waals surface area contributed by atoms with Crippen molar-refractivity contribution in [3.8, 4) is 5.75 Å². The molecule has 2 atom stereocenters. The summed E-state index contributed by atoms with van der Waals surface area (Å²) >= 11 is 0. The molecule has 0 aliphatic rings. The molecular formula is C24H31FN2O3. The summed E-state index contributed by atoms with van der Waals surface area (Å²) in [5.41, 5.74) is 1.78. The van der Waals surface area contributed by atoms with Crippen LogP contribution < -0.4 is 10.1 Å². The predicted octanol–water partition coefficient (Wildman–Crippen LogP) is 4.24. The van der Waals surface area contributed by atoms with Gasteiger partial charge in [0.2, 0.25) is 5.91 Å². The molecule has 162 valence electrons. The molecule has 0 saturated heterocycles. The van der Waals surface area contributed by atoms with Gasteiger partial charge in [-0.3, -0.25) is 9.59 Å². The molecule has 0 radical (unpaired) electrons. The quantitative estimate of drug-likeness (QED) is 0.633. The first-order valence-corrected chi connectivity index (χ1v) is 10.4.